The van der Waals surface area contributed by atoms with Crippen LogP contribution in [0.25, 0.3) is 0 Å². The molecule has 0 unspecified atom stereocenters. The van der Waals surface area contributed by atoms with Crippen molar-refractivity contribution in [3.63, 3.8) is 0 Å². The summed E-state index contributed by atoms with van der Waals surface area (Å²) in [4.78, 5) is 10.6. The van der Waals surface area contributed by atoms with Crippen molar-refractivity contribution in [1.82, 2.24) is 4.72 Å². The number of aliphatic hydroxyl groups excluding tert-OH is 1. The van der Waals surface area contributed by atoms with Gasteiger partial charge in [0.05, 0.1) is 17.1 Å². The molecule has 7 heteroatoms. The summed E-state index contributed by atoms with van der Waals surface area (Å²) in [6.07, 6.45) is 0.439. The minimum Gasteiger partial charge on any atom is -0.478 e. The molecule has 1 aromatic rings. The van der Waals surface area contributed by atoms with Crippen molar-refractivity contribution in [2.45, 2.75) is 24.3 Å². The monoisotopic (exact) mass is 273 g/mol. The van der Waals surface area contributed by atoms with Gasteiger partial charge in [0.1, 0.15) is 0 Å². The van der Waals surface area contributed by atoms with E-state index in [1.807, 2.05) is 0 Å². The summed E-state index contributed by atoms with van der Waals surface area (Å²) in [5, 5.41) is 17.8. The van der Waals surface area contributed by atoms with E-state index in [0.29, 0.717) is 6.42 Å². The van der Waals surface area contributed by atoms with Crippen LogP contribution in [0.2, 0.25) is 0 Å². The van der Waals surface area contributed by atoms with E-state index in [-0.39, 0.29) is 17.1 Å². The number of carboxylic acids is 1. The van der Waals surface area contributed by atoms with Gasteiger partial charge < -0.3 is 10.2 Å². The summed E-state index contributed by atoms with van der Waals surface area (Å²) < 4.78 is 26.1. The Kier molecular flexibility index (Phi) is 4.83. The highest BCUT2D eigenvalue weighted by Crippen LogP contribution is 2.12. The second-order valence-corrected chi connectivity index (χ2v) is 5.46. The van der Waals surface area contributed by atoms with Crippen LogP contribution in [0, 0.1) is 0 Å². The fourth-order valence-corrected chi connectivity index (χ4v) is 2.69. The lowest BCUT2D eigenvalue weighted by molar-refractivity contribution is 0.0696. The topological polar surface area (TPSA) is 104 Å². The smallest absolute Gasteiger partial charge is 0.335 e. The normalized spacial score (nSPS) is 13.2. The molecule has 1 rings (SSSR count). The Morgan fingerprint density at radius 2 is 2.11 bits per heavy atom. The lowest BCUT2D eigenvalue weighted by Gasteiger charge is -2.14. The number of benzene rings is 1. The third-order valence-corrected chi connectivity index (χ3v) is 3.94. The van der Waals surface area contributed by atoms with Crippen LogP contribution < -0.4 is 4.72 Å². The maximum absolute atomic E-state index is 11.9. The van der Waals surface area contributed by atoms with Gasteiger partial charge in [0.2, 0.25) is 10.0 Å². The molecule has 0 saturated carbocycles. The van der Waals surface area contributed by atoms with Crippen LogP contribution in [-0.2, 0) is 10.0 Å². The van der Waals surface area contributed by atoms with Gasteiger partial charge in [-0.2, -0.15) is 0 Å². The molecule has 0 heterocycles. The number of sulfonamides is 1. The van der Waals surface area contributed by atoms with E-state index in [4.69, 9.17) is 10.2 Å². The van der Waals surface area contributed by atoms with Gasteiger partial charge in [-0.1, -0.05) is 13.0 Å². The van der Waals surface area contributed by atoms with Gasteiger partial charge in [-0.3, -0.25) is 0 Å². The largest absolute Gasteiger partial charge is 0.478 e. The summed E-state index contributed by atoms with van der Waals surface area (Å²) in [6.45, 7) is 1.42. The highest BCUT2D eigenvalue weighted by molar-refractivity contribution is 7.89. The lowest BCUT2D eigenvalue weighted by Crippen LogP contribution is -2.36. The predicted octanol–water partition coefficient (Wildman–Crippen LogP) is 0.434. The molecule has 0 aromatic heterocycles. The van der Waals surface area contributed by atoms with Crippen molar-refractivity contribution in [3.05, 3.63) is 29.8 Å². The first-order valence-electron chi connectivity index (χ1n) is 5.37. The Hall–Kier alpha value is -1.44. The van der Waals surface area contributed by atoms with Crippen LogP contribution in [0.4, 0.5) is 0 Å². The number of aromatic carboxylic acids is 1. The minimum absolute atomic E-state index is 0.102. The number of carboxylic acid groups (broad SMARTS) is 1. The van der Waals surface area contributed by atoms with Gasteiger partial charge in [-0.05, 0) is 24.6 Å². The molecule has 18 heavy (non-hydrogen) atoms. The highest BCUT2D eigenvalue weighted by Gasteiger charge is 2.19. The number of rotatable bonds is 6. The van der Waals surface area contributed by atoms with Crippen LogP contribution in [0.3, 0.4) is 0 Å². The summed E-state index contributed by atoms with van der Waals surface area (Å²) >= 11 is 0. The maximum Gasteiger partial charge on any atom is 0.335 e. The first-order valence-corrected chi connectivity index (χ1v) is 6.85. The van der Waals surface area contributed by atoms with Crippen molar-refractivity contribution in [1.29, 1.82) is 0 Å². The summed E-state index contributed by atoms with van der Waals surface area (Å²) in [5.41, 5.74) is -0.102. The van der Waals surface area contributed by atoms with Gasteiger partial charge in [-0.15, -0.1) is 0 Å². The molecule has 0 fully saturated rings. The molecule has 0 saturated heterocycles. The Morgan fingerprint density at radius 1 is 1.44 bits per heavy atom. The Balaban J connectivity index is 3.05. The molecule has 0 aliphatic carbocycles. The molecular weight excluding hydrogens is 258 g/mol. The highest BCUT2D eigenvalue weighted by atomic mass is 32.2. The first-order chi connectivity index (χ1) is 8.40. The predicted molar refractivity (Wildman–Crippen MR) is 64.9 cm³/mol. The molecule has 0 aliphatic heterocycles. The van der Waals surface area contributed by atoms with E-state index in [9.17, 15) is 13.2 Å². The van der Waals surface area contributed by atoms with E-state index < -0.39 is 22.0 Å². The van der Waals surface area contributed by atoms with E-state index in [1.54, 1.807) is 6.92 Å². The maximum atomic E-state index is 11.9. The number of hydrogen-bond donors (Lipinski definition) is 3. The van der Waals surface area contributed by atoms with Gasteiger partial charge in [0, 0.05) is 6.04 Å². The molecule has 6 nitrogen and oxygen atoms in total. The summed E-state index contributed by atoms with van der Waals surface area (Å²) in [5.74, 6) is -1.19. The zero-order valence-corrected chi connectivity index (χ0v) is 10.6. The number of carbonyl (C=O) groups is 1. The lowest BCUT2D eigenvalue weighted by atomic mass is 10.2. The Morgan fingerprint density at radius 3 is 2.61 bits per heavy atom. The molecule has 0 spiro atoms. The standard InChI is InChI=1S/C11H15NO5S/c1-2-9(7-13)12-18(16,17)10-5-3-4-8(6-10)11(14)15/h3-6,9,12-13H,2,7H2,1H3,(H,14,15)/t9-/m0/s1. The van der Waals surface area contributed by atoms with E-state index in [2.05, 4.69) is 4.72 Å². The number of nitrogens with one attached hydrogen (secondary N) is 1. The average Bonchev–Trinajstić information content (AvgIpc) is 2.36. The van der Waals surface area contributed by atoms with Gasteiger partial charge in [-0.25, -0.2) is 17.9 Å². The van der Waals surface area contributed by atoms with Crippen molar-refractivity contribution >= 4 is 16.0 Å². The van der Waals surface area contributed by atoms with Crippen molar-refractivity contribution in [2.24, 2.45) is 0 Å². The second kappa shape index (κ2) is 5.94. The van der Waals surface area contributed by atoms with E-state index in [1.165, 1.54) is 18.2 Å². The SMILES string of the molecule is CC[C@@H](CO)NS(=O)(=O)c1cccc(C(=O)O)c1. The van der Waals surface area contributed by atoms with Crippen LogP contribution in [0.15, 0.2) is 29.2 Å². The zero-order valence-electron chi connectivity index (χ0n) is 9.83. The fourth-order valence-electron chi connectivity index (χ4n) is 1.33. The molecule has 0 amide bonds. The third kappa shape index (κ3) is 3.52. The summed E-state index contributed by atoms with van der Waals surface area (Å²) in [7, 11) is -3.81. The quantitative estimate of drug-likeness (QED) is 0.697. The van der Waals surface area contributed by atoms with E-state index >= 15 is 0 Å². The number of hydrogen-bond acceptors (Lipinski definition) is 4. The van der Waals surface area contributed by atoms with E-state index in [0.717, 1.165) is 6.07 Å². The summed E-state index contributed by atoms with van der Waals surface area (Å²) in [6, 6.07) is 4.47. The van der Waals surface area contributed by atoms with Crippen LogP contribution in [-0.4, -0.2) is 37.2 Å². The second-order valence-electron chi connectivity index (χ2n) is 3.74. The molecule has 0 aliphatic rings. The molecule has 1 aromatic carbocycles. The Labute approximate surface area is 105 Å². The van der Waals surface area contributed by atoms with Gasteiger partial charge in [0.15, 0.2) is 0 Å². The fraction of sp³-hybridized carbons (Fsp3) is 0.364. The van der Waals surface area contributed by atoms with Crippen LogP contribution >= 0.6 is 0 Å². The molecule has 100 valence electrons. The number of aliphatic hydroxyl groups is 1. The van der Waals surface area contributed by atoms with Crippen LogP contribution in [0.1, 0.15) is 23.7 Å². The third-order valence-electron chi connectivity index (χ3n) is 2.43. The van der Waals surface area contributed by atoms with Gasteiger partial charge in [0.25, 0.3) is 0 Å². The molecule has 1 atom stereocenters. The molecule has 3 N–H and O–H groups in total. The zero-order chi connectivity index (χ0) is 13.8. The average molecular weight is 273 g/mol. The molecule has 0 bridgehead atoms. The minimum atomic E-state index is -3.81. The first kappa shape index (κ1) is 14.6. The molecular formula is C11H15NO5S. The van der Waals surface area contributed by atoms with Crippen molar-refractivity contribution < 1.29 is 23.4 Å². The van der Waals surface area contributed by atoms with Crippen LogP contribution in [0.5, 0.6) is 0 Å². The van der Waals surface area contributed by atoms with Crippen molar-refractivity contribution in [2.75, 3.05) is 6.61 Å². The van der Waals surface area contributed by atoms with Crippen molar-refractivity contribution in [3.8, 4) is 0 Å². The Bertz CT molecular complexity index is 522. The molecule has 0 radical (unpaired) electrons. The van der Waals surface area contributed by atoms with Gasteiger partial charge >= 0.3 is 5.97 Å².